The minimum Gasteiger partial charge on any atom is -0.337 e. The Labute approximate surface area is 162 Å². The summed E-state index contributed by atoms with van der Waals surface area (Å²) >= 11 is 6.14. The van der Waals surface area contributed by atoms with Crippen molar-refractivity contribution in [2.45, 2.75) is 19.3 Å². The summed E-state index contributed by atoms with van der Waals surface area (Å²) in [6, 6.07) is 15.1. The summed E-state index contributed by atoms with van der Waals surface area (Å²) in [5, 5.41) is 5.20. The Morgan fingerprint density at radius 2 is 1.74 bits per heavy atom. The molecule has 1 aromatic heterocycles. The fraction of sp³-hybridized carbons (Fsp3) is 0.238. The van der Waals surface area contributed by atoms with E-state index in [-0.39, 0.29) is 11.7 Å². The van der Waals surface area contributed by atoms with Gasteiger partial charge in [0.1, 0.15) is 11.5 Å². The van der Waals surface area contributed by atoms with E-state index in [0.717, 1.165) is 43.6 Å². The lowest BCUT2D eigenvalue weighted by Gasteiger charge is -2.26. The van der Waals surface area contributed by atoms with Crippen LogP contribution in [0.1, 0.15) is 29.8 Å². The Balaban J connectivity index is 1.79. The Morgan fingerprint density at radius 1 is 1.00 bits per heavy atom. The molecule has 1 fully saturated rings. The van der Waals surface area contributed by atoms with Crippen molar-refractivity contribution in [1.82, 2.24) is 14.7 Å². The number of piperidine rings is 1. The van der Waals surface area contributed by atoms with E-state index in [1.54, 1.807) is 35.0 Å². The highest BCUT2D eigenvalue weighted by Gasteiger charge is 2.24. The van der Waals surface area contributed by atoms with Crippen molar-refractivity contribution in [2.24, 2.45) is 0 Å². The topological polar surface area (TPSA) is 38.1 Å². The summed E-state index contributed by atoms with van der Waals surface area (Å²) in [5.74, 6) is -0.354. The fourth-order valence-electron chi connectivity index (χ4n) is 3.36. The largest absolute Gasteiger partial charge is 0.337 e. The molecule has 0 unspecified atom stereocenters. The van der Waals surface area contributed by atoms with E-state index in [0.29, 0.717) is 16.4 Å². The number of benzene rings is 2. The Morgan fingerprint density at radius 3 is 2.44 bits per heavy atom. The first kappa shape index (κ1) is 17.7. The molecule has 0 N–H and O–H groups in total. The van der Waals surface area contributed by atoms with Gasteiger partial charge < -0.3 is 4.90 Å². The van der Waals surface area contributed by atoms with E-state index in [4.69, 9.17) is 11.6 Å². The summed E-state index contributed by atoms with van der Waals surface area (Å²) in [5.41, 5.74) is 2.58. The summed E-state index contributed by atoms with van der Waals surface area (Å²) < 4.78 is 14.9. The van der Waals surface area contributed by atoms with E-state index in [9.17, 15) is 9.18 Å². The van der Waals surface area contributed by atoms with Crippen LogP contribution in [0.25, 0.3) is 16.9 Å². The maximum absolute atomic E-state index is 13.3. The van der Waals surface area contributed by atoms with Crippen LogP contribution in [0, 0.1) is 5.82 Å². The van der Waals surface area contributed by atoms with Crippen molar-refractivity contribution in [3.63, 3.8) is 0 Å². The normalized spacial score (nSPS) is 14.4. The van der Waals surface area contributed by atoms with Crippen molar-refractivity contribution in [3.05, 3.63) is 71.1 Å². The zero-order valence-corrected chi connectivity index (χ0v) is 15.5. The van der Waals surface area contributed by atoms with Crippen LogP contribution < -0.4 is 0 Å². The first-order valence-electron chi connectivity index (χ1n) is 9.03. The smallest absolute Gasteiger partial charge is 0.272 e. The second-order valence-corrected chi connectivity index (χ2v) is 7.10. The van der Waals surface area contributed by atoms with Gasteiger partial charge in [0.25, 0.3) is 5.91 Å². The molecule has 0 spiro atoms. The van der Waals surface area contributed by atoms with E-state index < -0.39 is 0 Å². The molecule has 1 aliphatic rings. The monoisotopic (exact) mass is 383 g/mol. The molecule has 27 heavy (non-hydrogen) atoms. The zero-order valence-electron chi connectivity index (χ0n) is 14.7. The number of rotatable bonds is 3. The van der Waals surface area contributed by atoms with Crippen LogP contribution in [-0.2, 0) is 0 Å². The van der Waals surface area contributed by atoms with Crippen LogP contribution in [0.2, 0.25) is 5.02 Å². The highest BCUT2D eigenvalue weighted by Crippen LogP contribution is 2.25. The van der Waals surface area contributed by atoms with Crippen LogP contribution in [0.3, 0.4) is 0 Å². The molecule has 1 amide bonds. The minimum atomic E-state index is -0.308. The van der Waals surface area contributed by atoms with Crippen molar-refractivity contribution in [3.8, 4) is 16.9 Å². The van der Waals surface area contributed by atoms with Crippen molar-refractivity contribution < 1.29 is 9.18 Å². The van der Waals surface area contributed by atoms with Gasteiger partial charge in [-0.05, 0) is 67.8 Å². The number of amides is 1. The lowest BCUT2D eigenvalue weighted by molar-refractivity contribution is 0.0715. The van der Waals surface area contributed by atoms with Crippen LogP contribution in [0.5, 0.6) is 0 Å². The average Bonchev–Trinajstić information content (AvgIpc) is 3.14. The predicted octanol–water partition coefficient (Wildman–Crippen LogP) is 4.96. The summed E-state index contributed by atoms with van der Waals surface area (Å²) in [6.07, 6.45) is 3.18. The first-order chi connectivity index (χ1) is 13.1. The van der Waals surface area contributed by atoms with E-state index >= 15 is 0 Å². The third-order valence-corrected chi connectivity index (χ3v) is 5.00. The maximum atomic E-state index is 13.3. The number of nitrogens with zero attached hydrogens (tertiary/aromatic N) is 3. The molecule has 2 heterocycles. The van der Waals surface area contributed by atoms with Gasteiger partial charge in [-0.1, -0.05) is 17.7 Å². The van der Waals surface area contributed by atoms with Gasteiger partial charge >= 0.3 is 0 Å². The number of halogens is 2. The van der Waals surface area contributed by atoms with Gasteiger partial charge in [0.2, 0.25) is 0 Å². The molecule has 0 bridgehead atoms. The molecule has 4 nitrogen and oxygen atoms in total. The van der Waals surface area contributed by atoms with Crippen molar-refractivity contribution in [2.75, 3.05) is 13.1 Å². The molecule has 0 aliphatic carbocycles. The van der Waals surface area contributed by atoms with Gasteiger partial charge in [0, 0.05) is 23.7 Å². The Bertz CT molecular complexity index is 962. The highest BCUT2D eigenvalue weighted by molar-refractivity contribution is 6.30. The van der Waals surface area contributed by atoms with Crippen LogP contribution in [0.4, 0.5) is 4.39 Å². The molecule has 4 rings (SSSR count). The second-order valence-electron chi connectivity index (χ2n) is 6.67. The van der Waals surface area contributed by atoms with Gasteiger partial charge in [-0.15, -0.1) is 0 Å². The summed E-state index contributed by atoms with van der Waals surface area (Å²) in [7, 11) is 0. The van der Waals surface area contributed by atoms with Crippen LogP contribution in [0.15, 0.2) is 54.6 Å². The molecule has 6 heteroatoms. The molecular formula is C21H19ClFN3O. The summed E-state index contributed by atoms with van der Waals surface area (Å²) in [6.45, 7) is 1.51. The molecule has 138 valence electrons. The molecule has 0 atom stereocenters. The Kier molecular flexibility index (Phi) is 4.94. The molecule has 1 saturated heterocycles. The number of hydrogen-bond donors (Lipinski definition) is 0. The van der Waals surface area contributed by atoms with Gasteiger partial charge in [0.05, 0.1) is 11.4 Å². The standard InChI is InChI=1S/C21H19ClFN3O/c22-16-5-4-6-18(13-16)26-20(21(27)25-11-2-1-3-12-25)14-19(24-26)15-7-9-17(23)10-8-15/h4-10,13-14H,1-3,11-12H2. The Hall–Kier alpha value is -2.66. The number of likely N-dealkylation sites (tertiary alicyclic amines) is 1. The van der Waals surface area contributed by atoms with Crippen LogP contribution in [-0.4, -0.2) is 33.7 Å². The molecule has 2 aromatic carbocycles. The number of carbonyl (C=O) groups is 1. The highest BCUT2D eigenvalue weighted by atomic mass is 35.5. The summed E-state index contributed by atoms with van der Waals surface area (Å²) in [4.78, 5) is 15.0. The SMILES string of the molecule is O=C(c1cc(-c2ccc(F)cc2)nn1-c1cccc(Cl)c1)N1CCCCC1. The number of aromatic nitrogens is 2. The van der Waals surface area contributed by atoms with Crippen LogP contribution >= 0.6 is 11.6 Å². The predicted molar refractivity (Wildman–Crippen MR) is 104 cm³/mol. The van der Waals surface area contributed by atoms with E-state index in [2.05, 4.69) is 5.10 Å². The van der Waals surface area contributed by atoms with Gasteiger partial charge in [0.15, 0.2) is 0 Å². The molecule has 3 aromatic rings. The lowest BCUT2D eigenvalue weighted by Crippen LogP contribution is -2.36. The van der Waals surface area contributed by atoms with E-state index in [1.807, 2.05) is 17.0 Å². The minimum absolute atomic E-state index is 0.0458. The number of hydrogen-bond acceptors (Lipinski definition) is 2. The third-order valence-electron chi connectivity index (χ3n) is 4.76. The molecular weight excluding hydrogens is 365 g/mol. The average molecular weight is 384 g/mol. The lowest BCUT2D eigenvalue weighted by atomic mass is 10.1. The van der Waals surface area contributed by atoms with Gasteiger partial charge in [-0.3, -0.25) is 4.79 Å². The zero-order chi connectivity index (χ0) is 18.8. The molecule has 1 aliphatic heterocycles. The number of carbonyl (C=O) groups excluding carboxylic acids is 1. The van der Waals surface area contributed by atoms with Gasteiger partial charge in [-0.2, -0.15) is 5.10 Å². The third kappa shape index (κ3) is 3.74. The first-order valence-corrected chi connectivity index (χ1v) is 9.41. The van der Waals surface area contributed by atoms with E-state index in [1.165, 1.54) is 12.1 Å². The molecule has 0 saturated carbocycles. The fourth-order valence-corrected chi connectivity index (χ4v) is 3.54. The maximum Gasteiger partial charge on any atom is 0.272 e. The van der Waals surface area contributed by atoms with Gasteiger partial charge in [-0.25, -0.2) is 9.07 Å². The second kappa shape index (κ2) is 7.53. The molecule has 0 radical (unpaired) electrons. The quantitative estimate of drug-likeness (QED) is 0.641. The van der Waals surface area contributed by atoms with Crippen molar-refractivity contribution in [1.29, 1.82) is 0 Å². The van der Waals surface area contributed by atoms with Crippen molar-refractivity contribution >= 4 is 17.5 Å².